The van der Waals surface area contributed by atoms with Crippen molar-refractivity contribution in [2.45, 2.75) is 0 Å². The summed E-state index contributed by atoms with van der Waals surface area (Å²) in [5.41, 5.74) is 4.45. The van der Waals surface area contributed by atoms with Crippen molar-refractivity contribution in [3.8, 4) is 0 Å². The van der Waals surface area contributed by atoms with Crippen LogP contribution in [0.4, 0.5) is 4.79 Å². The fourth-order valence-electron chi connectivity index (χ4n) is 0. The first-order valence-electron chi connectivity index (χ1n) is 0.901. The summed E-state index contributed by atoms with van der Waals surface area (Å²) in [5, 5.41) is 0. The molecule has 4 heteroatoms. The SMILES string of the molecule is NC(=O)[NH][Ni]. The Morgan fingerprint density at radius 2 is 2.20 bits per heavy atom. The molecule has 2 amide bonds. The number of carbonyl (C=O) groups is 1. The van der Waals surface area contributed by atoms with E-state index in [-0.39, 0.29) is 0 Å². The number of hydrogen-bond donors (Lipinski definition) is 2. The molecule has 3 N–H and O–H groups in total. The van der Waals surface area contributed by atoms with Crippen LogP contribution in [0.5, 0.6) is 0 Å². The molecule has 0 rings (SSSR count). The van der Waals surface area contributed by atoms with Gasteiger partial charge in [0.25, 0.3) is 0 Å². The molecular formula is CH3N2NiO. The van der Waals surface area contributed by atoms with E-state index in [2.05, 4.69) is 21.4 Å². The Bertz CT molecular complexity index is 44.9. The Balaban J connectivity index is 2.85. The summed E-state index contributed by atoms with van der Waals surface area (Å²) >= 11 is 3.70. The minimum absolute atomic E-state index is 0.662. The second kappa shape index (κ2) is 2.03. The van der Waals surface area contributed by atoms with Crippen molar-refractivity contribution in [2.75, 3.05) is 0 Å². The monoisotopic (exact) mass is 117 g/mol. The van der Waals surface area contributed by atoms with Gasteiger partial charge in [-0.05, 0) is 0 Å². The third-order valence-electron chi connectivity index (χ3n) is 0.0779. The molecule has 3 nitrogen and oxygen atoms in total. The van der Waals surface area contributed by atoms with Crippen LogP contribution in [0.25, 0.3) is 0 Å². The number of nitrogens with one attached hydrogen (secondary N) is 1. The Morgan fingerprint density at radius 1 is 2.00 bits per heavy atom. The topological polar surface area (TPSA) is 55.1 Å². The van der Waals surface area contributed by atoms with Crippen LogP contribution in [0, 0.1) is 0 Å². The molecule has 33 valence electrons. The van der Waals surface area contributed by atoms with Crippen molar-refractivity contribution in [2.24, 2.45) is 5.73 Å². The second-order valence-electron chi connectivity index (χ2n) is 0.443. The molecule has 0 fully saturated rings. The first kappa shape index (κ1) is 4.76. The Labute approximate surface area is 37.5 Å². The summed E-state index contributed by atoms with van der Waals surface area (Å²) in [4.78, 5) is 9.39. The minimum atomic E-state index is -0.662. The van der Waals surface area contributed by atoms with Gasteiger partial charge >= 0.3 is 36.6 Å². The van der Waals surface area contributed by atoms with Crippen LogP contribution in [0.3, 0.4) is 0 Å². The standard InChI is InChI=1S/CH4N2O.Ni/c2-1(3)4;/h(H4,2,3,4);/q;+1/p-1. The van der Waals surface area contributed by atoms with E-state index in [0.717, 1.165) is 0 Å². The fourth-order valence-corrected chi connectivity index (χ4v) is 0. The molecule has 5 heavy (non-hydrogen) atoms. The van der Waals surface area contributed by atoms with Crippen LogP contribution in [0.15, 0.2) is 0 Å². The van der Waals surface area contributed by atoms with Gasteiger partial charge < -0.3 is 0 Å². The summed E-state index contributed by atoms with van der Waals surface area (Å²) < 4.78 is 1.79. The molecule has 0 aromatic carbocycles. The van der Waals surface area contributed by atoms with E-state index >= 15 is 0 Å². The van der Waals surface area contributed by atoms with Gasteiger partial charge in [-0.3, -0.25) is 0 Å². The summed E-state index contributed by atoms with van der Waals surface area (Å²) in [6.45, 7) is 0. The summed E-state index contributed by atoms with van der Waals surface area (Å²) in [5.74, 6) is 0. The summed E-state index contributed by atoms with van der Waals surface area (Å²) in [6, 6.07) is -0.662. The summed E-state index contributed by atoms with van der Waals surface area (Å²) in [7, 11) is 0. The zero-order chi connectivity index (χ0) is 4.28. The quantitative estimate of drug-likeness (QED) is 0.398. The van der Waals surface area contributed by atoms with Crippen LogP contribution in [-0.4, -0.2) is 6.03 Å². The van der Waals surface area contributed by atoms with E-state index in [4.69, 9.17) is 0 Å². The number of hydrogen-bond acceptors (Lipinski definition) is 1. The van der Waals surface area contributed by atoms with Crippen LogP contribution in [-0.2, 0) is 15.7 Å². The Kier molecular flexibility index (Phi) is 1.93. The number of rotatable bonds is 0. The molecule has 0 unspecified atom stereocenters. The predicted molar refractivity (Wildman–Crippen MR) is 12.7 cm³/mol. The van der Waals surface area contributed by atoms with Gasteiger partial charge in [-0.2, -0.15) is 0 Å². The average Bonchev–Trinajstić information content (AvgIpc) is 1.38. The molecule has 0 aromatic rings. The van der Waals surface area contributed by atoms with E-state index in [0.29, 0.717) is 0 Å². The molecule has 0 aliphatic heterocycles. The van der Waals surface area contributed by atoms with Crippen molar-refractivity contribution in [1.82, 2.24) is 4.40 Å². The van der Waals surface area contributed by atoms with Crippen molar-refractivity contribution in [1.29, 1.82) is 0 Å². The number of urea groups is 1. The molecule has 0 spiro atoms. The zero-order valence-electron chi connectivity index (χ0n) is 2.30. The molecule has 0 aromatic heterocycles. The van der Waals surface area contributed by atoms with Crippen molar-refractivity contribution >= 4 is 6.03 Å². The van der Waals surface area contributed by atoms with Gasteiger partial charge in [0.15, 0.2) is 0 Å². The van der Waals surface area contributed by atoms with Gasteiger partial charge in [0.2, 0.25) is 0 Å². The van der Waals surface area contributed by atoms with E-state index in [1.165, 1.54) is 0 Å². The molecule has 0 atom stereocenters. The first-order valence-corrected chi connectivity index (χ1v) is 1.39. The van der Waals surface area contributed by atoms with Crippen molar-refractivity contribution in [3.05, 3.63) is 0 Å². The number of carbonyl (C=O) groups excluding carboxylic acids is 1. The van der Waals surface area contributed by atoms with Gasteiger partial charge in [0.1, 0.15) is 0 Å². The van der Waals surface area contributed by atoms with Gasteiger partial charge in [-0.15, -0.1) is 0 Å². The average molecular weight is 118 g/mol. The zero-order valence-corrected chi connectivity index (χ0v) is 3.29. The van der Waals surface area contributed by atoms with Crippen LogP contribution >= 0.6 is 0 Å². The normalized spacial score (nSPS) is 6.80. The molecule has 0 aliphatic carbocycles. The molecule has 0 saturated carbocycles. The number of primary amides is 1. The van der Waals surface area contributed by atoms with Crippen molar-refractivity contribution < 1.29 is 20.5 Å². The van der Waals surface area contributed by atoms with E-state index in [1.54, 1.807) is 4.40 Å². The Morgan fingerprint density at radius 3 is 2.20 bits per heavy atom. The molecule has 0 heterocycles. The fraction of sp³-hybridized carbons (Fsp3) is 0. The van der Waals surface area contributed by atoms with Crippen molar-refractivity contribution in [3.63, 3.8) is 0 Å². The van der Waals surface area contributed by atoms with Gasteiger partial charge in [0, 0.05) is 0 Å². The number of amides is 2. The van der Waals surface area contributed by atoms with E-state index < -0.39 is 6.03 Å². The third-order valence-corrected chi connectivity index (χ3v) is 0.321. The third kappa shape index (κ3) is 3.76. The predicted octanol–water partition coefficient (Wildman–Crippen LogP) is -0.883. The van der Waals surface area contributed by atoms with Gasteiger partial charge in [0.05, 0.1) is 0 Å². The first-order chi connectivity index (χ1) is 2.27. The molecule has 0 saturated heterocycles. The van der Waals surface area contributed by atoms with Crippen LogP contribution < -0.4 is 10.1 Å². The van der Waals surface area contributed by atoms with E-state index in [9.17, 15) is 4.79 Å². The maximum atomic E-state index is 9.39. The molecule has 0 bridgehead atoms. The maximum absolute atomic E-state index is 9.39. The molecule has 0 radical (unpaired) electrons. The van der Waals surface area contributed by atoms with Crippen LogP contribution in [0.1, 0.15) is 0 Å². The second-order valence-corrected chi connectivity index (χ2v) is 0.690. The Hall–Kier alpha value is -0.236. The number of nitrogens with two attached hydrogens (primary N) is 1. The summed E-state index contributed by atoms with van der Waals surface area (Å²) in [6.07, 6.45) is 0. The molecular weight excluding hydrogens is 115 g/mol. The van der Waals surface area contributed by atoms with Gasteiger partial charge in [-0.1, -0.05) is 0 Å². The van der Waals surface area contributed by atoms with Crippen LogP contribution in [0.2, 0.25) is 0 Å². The molecule has 0 aliphatic rings. The van der Waals surface area contributed by atoms with E-state index in [1.807, 2.05) is 0 Å². The van der Waals surface area contributed by atoms with Gasteiger partial charge in [-0.25, -0.2) is 0 Å².